The van der Waals surface area contributed by atoms with E-state index in [1.807, 2.05) is 4.90 Å². The molecule has 1 aliphatic rings. The minimum absolute atomic E-state index is 0.0838. The molecule has 0 saturated carbocycles. The van der Waals surface area contributed by atoms with E-state index in [4.69, 9.17) is 0 Å². The lowest BCUT2D eigenvalue weighted by Gasteiger charge is -2.22. The fourth-order valence-electron chi connectivity index (χ4n) is 3.59. The molecule has 1 saturated heterocycles. The van der Waals surface area contributed by atoms with Crippen LogP contribution >= 0.6 is 0 Å². The number of hydrogen-bond acceptors (Lipinski definition) is 2. The number of unbranched alkanes of at least 4 members (excludes halogenated alkanes) is 8. The topological polar surface area (TPSA) is 40.5 Å². The Balaban J connectivity index is 1.88. The lowest BCUT2D eigenvalue weighted by Crippen LogP contribution is -2.37. The molecule has 1 atom stereocenters. The van der Waals surface area contributed by atoms with E-state index >= 15 is 0 Å². The molecule has 0 aromatic carbocycles. The van der Waals surface area contributed by atoms with Gasteiger partial charge in [-0.3, -0.25) is 4.79 Å². The van der Waals surface area contributed by atoms with Crippen molar-refractivity contribution in [3.05, 3.63) is 24.3 Å². The molecule has 0 aromatic heterocycles. The molecule has 0 bridgehead atoms. The van der Waals surface area contributed by atoms with Gasteiger partial charge in [-0.1, -0.05) is 63.3 Å². The molecule has 1 fully saturated rings. The number of aliphatic hydroxyl groups is 1. The van der Waals surface area contributed by atoms with Gasteiger partial charge in [0.25, 0.3) is 0 Å². The summed E-state index contributed by atoms with van der Waals surface area (Å²) >= 11 is 0. The first-order valence-electron chi connectivity index (χ1n) is 11.0. The summed E-state index contributed by atoms with van der Waals surface area (Å²) in [5, 5.41) is 9.29. The van der Waals surface area contributed by atoms with Crippen LogP contribution in [0.5, 0.6) is 0 Å². The number of rotatable bonds is 15. The van der Waals surface area contributed by atoms with Gasteiger partial charge in [0.2, 0.25) is 5.91 Å². The van der Waals surface area contributed by atoms with Crippen molar-refractivity contribution in [1.82, 2.24) is 4.90 Å². The highest BCUT2D eigenvalue weighted by atomic mass is 16.3. The molecule has 1 heterocycles. The predicted molar refractivity (Wildman–Crippen MR) is 111 cm³/mol. The van der Waals surface area contributed by atoms with Gasteiger partial charge in [-0.2, -0.15) is 0 Å². The monoisotopic (exact) mass is 363 g/mol. The van der Waals surface area contributed by atoms with Crippen molar-refractivity contribution in [2.24, 2.45) is 0 Å². The van der Waals surface area contributed by atoms with E-state index in [1.54, 1.807) is 0 Å². The van der Waals surface area contributed by atoms with Gasteiger partial charge in [-0.05, 0) is 51.4 Å². The molecule has 0 radical (unpaired) electrons. The summed E-state index contributed by atoms with van der Waals surface area (Å²) in [6, 6.07) is 0.0838. The van der Waals surface area contributed by atoms with Gasteiger partial charge in [0, 0.05) is 13.0 Å². The first-order valence-corrected chi connectivity index (χ1v) is 11.0. The highest BCUT2D eigenvalue weighted by Crippen LogP contribution is 2.19. The van der Waals surface area contributed by atoms with E-state index in [-0.39, 0.29) is 18.6 Å². The van der Waals surface area contributed by atoms with Crippen molar-refractivity contribution in [1.29, 1.82) is 0 Å². The average molecular weight is 364 g/mol. The van der Waals surface area contributed by atoms with Gasteiger partial charge >= 0.3 is 0 Å². The molecule has 1 rings (SSSR count). The third-order valence-electron chi connectivity index (χ3n) is 5.25. The number of hydrogen-bond donors (Lipinski definition) is 1. The lowest BCUT2D eigenvalue weighted by atomic mass is 10.1. The van der Waals surface area contributed by atoms with Crippen molar-refractivity contribution < 1.29 is 9.90 Å². The minimum Gasteiger partial charge on any atom is -0.394 e. The number of carbonyl (C=O) groups is 1. The van der Waals surface area contributed by atoms with Crippen LogP contribution in [-0.2, 0) is 4.79 Å². The molecule has 150 valence electrons. The summed E-state index contributed by atoms with van der Waals surface area (Å²) in [5.74, 6) is 0.243. The predicted octanol–water partition coefficient (Wildman–Crippen LogP) is 5.78. The molecular weight excluding hydrogens is 322 g/mol. The Hall–Kier alpha value is -1.09. The number of nitrogens with zero attached hydrogens (tertiary/aromatic N) is 1. The van der Waals surface area contributed by atoms with Crippen LogP contribution in [0.25, 0.3) is 0 Å². The van der Waals surface area contributed by atoms with E-state index in [0.717, 1.165) is 38.6 Å². The Bertz CT molecular complexity index is 403. The Morgan fingerprint density at radius 3 is 2.31 bits per heavy atom. The van der Waals surface area contributed by atoms with Gasteiger partial charge < -0.3 is 10.0 Å². The summed E-state index contributed by atoms with van der Waals surface area (Å²) < 4.78 is 0. The first kappa shape index (κ1) is 23.0. The second-order valence-electron chi connectivity index (χ2n) is 7.55. The van der Waals surface area contributed by atoms with Gasteiger partial charge in [0.1, 0.15) is 0 Å². The summed E-state index contributed by atoms with van der Waals surface area (Å²) in [4.78, 5) is 14.0. The fraction of sp³-hybridized carbons (Fsp3) is 0.783. The standard InChI is InChI=1S/C23H41NO2/c1-2-3-4-5-6-7-8-9-10-11-12-13-14-15-16-19-23(26)24-20-17-18-22(24)21-25/h6-7,9-10,22,25H,2-5,8,11-21H2,1H3/t22-/m0/s1. The van der Waals surface area contributed by atoms with E-state index in [2.05, 4.69) is 31.2 Å². The van der Waals surface area contributed by atoms with Gasteiger partial charge in [0.05, 0.1) is 12.6 Å². The second-order valence-corrected chi connectivity index (χ2v) is 7.55. The highest BCUT2D eigenvalue weighted by Gasteiger charge is 2.27. The Kier molecular flexibility index (Phi) is 14.2. The number of allylic oxidation sites excluding steroid dienone is 4. The number of likely N-dealkylation sites (tertiary alicyclic amines) is 1. The zero-order valence-corrected chi connectivity index (χ0v) is 17.0. The number of amides is 1. The van der Waals surface area contributed by atoms with Gasteiger partial charge in [-0.15, -0.1) is 0 Å². The van der Waals surface area contributed by atoms with Crippen molar-refractivity contribution in [3.8, 4) is 0 Å². The highest BCUT2D eigenvalue weighted by molar-refractivity contribution is 5.76. The smallest absolute Gasteiger partial charge is 0.222 e. The number of aliphatic hydroxyl groups excluding tert-OH is 1. The van der Waals surface area contributed by atoms with Crippen LogP contribution in [0, 0.1) is 0 Å². The SMILES string of the molecule is CCCCCC=CCC=CCCCCCCCC(=O)N1CCC[C@H]1CO. The van der Waals surface area contributed by atoms with Gasteiger partial charge in [0.15, 0.2) is 0 Å². The van der Waals surface area contributed by atoms with Crippen molar-refractivity contribution in [2.75, 3.05) is 13.2 Å². The first-order chi connectivity index (χ1) is 12.8. The van der Waals surface area contributed by atoms with Crippen LogP contribution in [0.3, 0.4) is 0 Å². The molecule has 0 aromatic rings. The van der Waals surface area contributed by atoms with Crippen LogP contribution in [0.15, 0.2) is 24.3 Å². The van der Waals surface area contributed by atoms with E-state index < -0.39 is 0 Å². The summed E-state index contributed by atoms with van der Waals surface area (Å²) in [5.41, 5.74) is 0. The molecule has 0 unspecified atom stereocenters. The summed E-state index contributed by atoms with van der Waals surface area (Å²) in [6.45, 7) is 3.20. The van der Waals surface area contributed by atoms with E-state index in [0.29, 0.717) is 6.42 Å². The maximum Gasteiger partial charge on any atom is 0.222 e. The number of carbonyl (C=O) groups excluding carboxylic acids is 1. The Morgan fingerprint density at radius 2 is 1.62 bits per heavy atom. The Morgan fingerprint density at radius 1 is 0.962 bits per heavy atom. The van der Waals surface area contributed by atoms with E-state index in [9.17, 15) is 9.90 Å². The molecule has 1 amide bonds. The lowest BCUT2D eigenvalue weighted by molar-refractivity contribution is -0.132. The van der Waals surface area contributed by atoms with Crippen molar-refractivity contribution in [3.63, 3.8) is 0 Å². The Labute approximate surface area is 161 Å². The van der Waals surface area contributed by atoms with Crippen molar-refractivity contribution in [2.45, 2.75) is 103 Å². The zero-order valence-electron chi connectivity index (χ0n) is 17.0. The van der Waals surface area contributed by atoms with Crippen LogP contribution in [0.2, 0.25) is 0 Å². The molecule has 1 N–H and O–H groups in total. The van der Waals surface area contributed by atoms with Crippen LogP contribution in [0.4, 0.5) is 0 Å². The molecule has 0 aliphatic carbocycles. The zero-order chi connectivity index (χ0) is 18.9. The average Bonchev–Trinajstić information content (AvgIpc) is 3.13. The molecule has 26 heavy (non-hydrogen) atoms. The van der Waals surface area contributed by atoms with Crippen LogP contribution in [-0.4, -0.2) is 35.1 Å². The largest absolute Gasteiger partial charge is 0.394 e. The summed E-state index contributed by atoms with van der Waals surface area (Å²) in [6.07, 6.45) is 25.1. The quantitative estimate of drug-likeness (QED) is 0.296. The van der Waals surface area contributed by atoms with Gasteiger partial charge in [-0.25, -0.2) is 0 Å². The van der Waals surface area contributed by atoms with Crippen LogP contribution < -0.4 is 0 Å². The third-order valence-corrected chi connectivity index (χ3v) is 5.25. The normalized spacial score (nSPS) is 17.8. The fourth-order valence-corrected chi connectivity index (χ4v) is 3.59. The van der Waals surface area contributed by atoms with Crippen LogP contribution in [0.1, 0.15) is 96.8 Å². The minimum atomic E-state index is 0.0838. The summed E-state index contributed by atoms with van der Waals surface area (Å²) in [7, 11) is 0. The molecule has 3 nitrogen and oxygen atoms in total. The van der Waals surface area contributed by atoms with Crippen molar-refractivity contribution >= 4 is 5.91 Å². The maximum atomic E-state index is 12.1. The molecule has 3 heteroatoms. The maximum absolute atomic E-state index is 12.1. The molecule has 1 aliphatic heterocycles. The van der Waals surface area contributed by atoms with E-state index in [1.165, 1.54) is 51.4 Å². The molecule has 0 spiro atoms. The third kappa shape index (κ3) is 10.8. The molecular formula is C23H41NO2. The second kappa shape index (κ2) is 16.1.